The van der Waals surface area contributed by atoms with Crippen molar-refractivity contribution in [2.24, 2.45) is 10.1 Å². The third-order valence-corrected chi connectivity index (χ3v) is 5.09. The number of aromatic hydroxyl groups is 1. The summed E-state index contributed by atoms with van der Waals surface area (Å²) in [5.74, 6) is 2.07. The molecule has 0 fully saturated rings. The summed E-state index contributed by atoms with van der Waals surface area (Å²) in [6.07, 6.45) is 1.59. The predicted octanol–water partition coefficient (Wildman–Crippen LogP) is 3.75. The Morgan fingerprint density at radius 1 is 1.10 bits per heavy atom. The van der Waals surface area contributed by atoms with Crippen molar-refractivity contribution < 1.29 is 19.3 Å². The first-order valence-electron chi connectivity index (χ1n) is 8.97. The minimum Gasteiger partial charge on any atom is -0.507 e. The van der Waals surface area contributed by atoms with Gasteiger partial charge in [-0.3, -0.25) is 4.99 Å². The van der Waals surface area contributed by atoms with Gasteiger partial charge >= 0.3 is 0 Å². The van der Waals surface area contributed by atoms with Crippen LogP contribution in [0.4, 0.5) is 0 Å². The van der Waals surface area contributed by atoms with Gasteiger partial charge in [0.2, 0.25) is 4.80 Å². The van der Waals surface area contributed by atoms with Gasteiger partial charge in [-0.1, -0.05) is 0 Å². The Hall–Kier alpha value is -3.26. The predicted molar refractivity (Wildman–Crippen MR) is 115 cm³/mol. The smallest absolute Gasteiger partial charge is 0.205 e. The molecule has 0 radical (unpaired) electrons. The summed E-state index contributed by atoms with van der Waals surface area (Å²) in [6, 6.07) is 10.7. The van der Waals surface area contributed by atoms with Crippen LogP contribution in [0.1, 0.15) is 12.5 Å². The van der Waals surface area contributed by atoms with E-state index in [9.17, 15) is 5.11 Å². The molecule has 1 N–H and O–H groups in total. The van der Waals surface area contributed by atoms with Crippen LogP contribution in [0.3, 0.4) is 0 Å². The normalized spacial score (nSPS) is 11.8. The summed E-state index contributed by atoms with van der Waals surface area (Å²) in [4.78, 5) is 5.01. The molecule has 3 rings (SSSR count). The number of hydrogen-bond acceptors (Lipinski definition) is 7. The zero-order chi connectivity index (χ0) is 20.8. The minimum absolute atomic E-state index is 0.0918. The van der Waals surface area contributed by atoms with Gasteiger partial charge < -0.3 is 19.3 Å². The summed E-state index contributed by atoms with van der Waals surface area (Å²) < 4.78 is 17.9. The number of phenols is 1. The number of thiazole rings is 1. The third kappa shape index (κ3) is 4.43. The first kappa shape index (κ1) is 20.5. The number of benzene rings is 2. The van der Waals surface area contributed by atoms with Crippen LogP contribution in [0.15, 0.2) is 51.9 Å². The standard InChI is InChI=1S/C21H23N3O4S/c1-5-28-16-7-6-14(19(25)10-16)12-23-24-18(13-29-21(24)22-2)17-9-8-15(26-3)11-20(17)27-4/h6-13,25H,5H2,1-4H3. The zero-order valence-corrected chi connectivity index (χ0v) is 17.6. The molecule has 8 heteroatoms. The van der Waals surface area contributed by atoms with E-state index >= 15 is 0 Å². The van der Waals surface area contributed by atoms with Crippen LogP contribution in [0.25, 0.3) is 11.3 Å². The topological polar surface area (TPSA) is 77.6 Å². The molecule has 0 saturated carbocycles. The average Bonchev–Trinajstić information content (AvgIpc) is 3.15. The van der Waals surface area contributed by atoms with E-state index in [-0.39, 0.29) is 5.75 Å². The molecule has 3 aromatic rings. The van der Waals surface area contributed by atoms with Crippen LogP contribution in [0, 0.1) is 0 Å². The van der Waals surface area contributed by atoms with Crippen molar-refractivity contribution in [3.63, 3.8) is 0 Å². The Bertz CT molecular complexity index is 1090. The van der Waals surface area contributed by atoms with E-state index in [0.29, 0.717) is 34.2 Å². The number of rotatable bonds is 7. The molecule has 1 aromatic heterocycles. The molecule has 0 aliphatic carbocycles. The lowest BCUT2D eigenvalue weighted by molar-refractivity contribution is 0.337. The molecular formula is C21H23N3O4S. The number of phenolic OH excluding ortho intramolecular Hbond substituents is 1. The van der Waals surface area contributed by atoms with Gasteiger partial charge in [0.1, 0.15) is 23.0 Å². The van der Waals surface area contributed by atoms with E-state index in [1.54, 1.807) is 50.4 Å². The summed E-state index contributed by atoms with van der Waals surface area (Å²) in [5, 5.41) is 16.8. The number of hydrogen-bond donors (Lipinski definition) is 1. The highest BCUT2D eigenvalue weighted by Gasteiger charge is 2.13. The highest BCUT2D eigenvalue weighted by Crippen LogP contribution is 2.33. The van der Waals surface area contributed by atoms with E-state index in [0.717, 1.165) is 11.3 Å². The van der Waals surface area contributed by atoms with Crippen molar-refractivity contribution in [2.45, 2.75) is 6.92 Å². The quantitative estimate of drug-likeness (QED) is 0.599. The number of ether oxygens (including phenoxy) is 3. The SMILES string of the molecule is CCOc1ccc(C=Nn2c(-c3ccc(OC)cc3OC)csc2=NC)c(O)c1. The van der Waals surface area contributed by atoms with Gasteiger partial charge in [0.15, 0.2) is 0 Å². The van der Waals surface area contributed by atoms with Gasteiger partial charge in [0, 0.05) is 35.7 Å². The van der Waals surface area contributed by atoms with Crippen molar-refractivity contribution in [3.05, 3.63) is 52.1 Å². The molecule has 29 heavy (non-hydrogen) atoms. The molecular weight excluding hydrogens is 390 g/mol. The lowest BCUT2D eigenvalue weighted by atomic mass is 10.1. The van der Waals surface area contributed by atoms with E-state index in [4.69, 9.17) is 14.2 Å². The van der Waals surface area contributed by atoms with Crippen molar-refractivity contribution in [2.75, 3.05) is 27.9 Å². The summed E-state index contributed by atoms with van der Waals surface area (Å²) in [5.41, 5.74) is 2.24. The van der Waals surface area contributed by atoms with Crippen molar-refractivity contribution >= 4 is 17.6 Å². The van der Waals surface area contributed by atoms with Crippen LogP contribution in [0.2, 0.25) is 0 Å². The van der Waals surface area contributed by atoms with Crippen LogP contribution < -0.4 is 19.0 Å². The van der Waals surface area contributed by atoms with Crippen molar-refractivity contribution in [1.82, 2.24) is 4.68 Å². The molecule has 0 aliphatic rings. The first-order chi connectivity index (χ1) is 14.1. The third-order valence-electron chi connectivity index (χ3n) is 4.19. The maximum atomic E-state index is 10.3. The van der Waals surface area contributed by atoms with Crippen molar-refractivity contribution in [3.8, 4) is 34.3 Å². The monoisotopic (exact) mass is 413 g/mol. The second-order valence-electron chi connectivity index (χ2n) is 5.90. The second-order valence-corrected chi connectivity index (χ2v) is 6.74. The molecule has 0 saturated heterocycles. The van der Waals surface area contributed by atoms with Gasteiger partial charge in [-0.25, -0.2) is 4.68 Å². The Morgan fingerprint density at radius 2 is 1.90 bits per heavy atom. The summed E-state index contributed by atoms with van der Waals surface area (Å²) in [6.45, 7) is 2.43. The Morgan fingerprint density at radius 3 is 2.55 bits per heavy atom. The molecule has 152 valence electrons. The van der Waals surface area contributed by atoms with E-state index in [1.165, 1.54) is 11.3 Å². The Kier molecular flexibility index (Phi) is 6.56. The second kappa shape index (κ2) is 9.29. The van der Waals surface area contributed by atoms with E-state index < -0.39 is 0 Å². The number of nitrogens with zero attached hydrogens (tertiary/aromatic N) is 3. The molecule has 0 spiro atoms. The highest BCUT2D eigenvalue weighted by molar-refractivity contribution is 7.07. The van der Waals surface area contributed by atoms with Crippen LogP contribution >= 0.6 is 11.3 Å². The number of aromatic nitrogens is 1. The molecule has 1 heterocycles. The van der Waals surface area contributed by atoms with Gasteiger partial charge in [-0.2, -0.15) is 5.10 Å². The highest BCUT2D eigenvalue weighted by atomic mass is 32.1. The maximum Gasteiger partial charge on any atom is 0.205 e. The molecule has 0 bridgehead atoms. The largest absolute Gasteiger partial charge is 0.507 e. The molecule has 0 atom stereocenters. The zero-order valence-electron chi connectivity index (χ0n) is 16.7. The van der Waals surface area contributed by atoms with Gasteiger partial charge in [-0.05, 0) is 31.2 Å². The van der Waals surface area contributed by atoms with Crippen LogP contribution in [-0.2, 0) is 0 Å². The fraction of sp³-hybridized carbons (Fsp3) is 0.238. The van der Waals surface area contributed by atoms with E-state index in [1.807, 2.05) is 30.5 Å². The number of methoxy groups -OCH3 is 2. The molecule has 0 unspecified atom stereocenters. The van der Waals surface area contributed by atoms with Crippen LogP contribution in [-0.4, -0.2) is 43.9 Å². The average molecular weight is 413 g/mol. The minimum atomic E-state index is 0.0918. The summed E-state index contributed by atoms with van der Waals surface area (Å²) >= 11 is 1.46. The van der Waals surface area contributed by atoms with Gasteiger partial charge in [0.25, 0.3) is 0 Å². The van der Waals surface area contributed by atoms with Gasteiger partial charge in [-0.15, -0.1) is 11.3 Å². The summed E-state index contributed by atoms with van der Waals surface area (Å²) in [7, 11) is 4.93. The molecule has 0 aliphatic heterocycles. The fourth-order valence-corrected chi connectivity index (χ4v) is 3.56. The molecule has 2 aromatic carbocycles. The van der Waals surface area contributed by atoms with Crippen molar-refractivity contribution in [1.29, 1.82) is 0 Å². The lowest BCUT2D eigenvalue weighted by Crippen LogP contribution is -2.11. The molecule has 0 amide bonds. The lowest BCUT2D eigenvalue weighted by Gasteiger charge is -2.11. The van der Waals surface area contributed by atoms with Gasteiger partial charge in [0.05, 0.1) is 32.7 Å². The Labute approximate surface area is 173 Å². The first-order valence-corrected chi connectivity index (χ1v) is 9.85. The van der Waals surface area contributed by atoms with E-state index in [2.05, 4.69) is 10.1 Å². The Balaban J connectivity index is 2.04. The maximum absolute atomic E-state index is 10.3. The fourth-order valence-electron chi connectivity index (χ4n) is 2.77. The molecule has 7 nitrogen and oxygen atoms in total. The van der Waals surface area contributed by atoms with Crippen LogP contribution in [0.5, 0.6) is 23.0 Å².